The Balaban J connectivity index is 2.44. The molecule has 0 saturated heterocycles. The Morgan fingerprint density at radius 1 is 1.46 bits per heavy atom. The molecule has 0 atom stereocenters. The van der Waals surface area contributed by atoms with Crippen molar-refractivity contribution in [1.82, 2.24) is 10.1 Å². The van der Waals surface area contributed by atoms with Crippen molar-refractivity contribution in [3.63, 3.8) is 0 Å². The van der Waals surface area contributed by atoms with E-state index < -0.39 is 0 Å². The molecular formula is C9H16N2O2. The Morgan fingerprint density at radius 3 is 2.85 bits per heavy atom. The molecule has 74 valence electrons. The van der Waals surface area contributed by atoms with Gasteiger partial charge in [0.2, 0.25) is 0 Å². The van der Waals surface area contributed by atoms with Gasteiger partial charge in [0.15, 0.2) is 5.82 Å². The number of rotatable bonds is 5. The van der Waals surface area contributed by atoms with Crippen LogP contribution in [0.25, 0.3) is 0 Å². The minimum absolute atomic E-state index is 0.418. The largest absolute Gasteiger partial charge is 0.372 e. The standard InChI is InChI=1S/C9H16N2O2/c1-4-12-6-9-10-8(11-13-9)5-7(2)3/h7H,4-6H2,1-3H3. The molecule has 13 heavy (non-hydrogen) atoms. The lowest BCUT2D eigenvalue weighted by molar-refractivity contribution is 0.109. The van der Waals surface area contributed by atoms with E-state index in [0.717, 1.165) is 12.2 Å². The minimum Gasteiger partial charge on any atom is -0.372 e. The molecule has 1 aromatic rings. The predicted molar refractivity (Wildman–Crippen MR) is 48.2 cm³/mol. The second-order valence-corrected chi connectivity index (χ2v) is 3.34. The van der Waals surface area contributed by atoms with Crippen molar-refractivity contribution in [2.75, 3.05) is 6.61 Å². The van der Waals surface area contributed by atoms with Crippen molar-refractivity contribution in [2.24, 2.45) is 5.92 Å². The van der Waals surface area contributed by atoms with Gasteiger partial charge in [-0.1, -0.05) is 19.0 Å². The van der Waals surface area contributed by atoms with Gasteiger partial charge in [-0.05, 0) is 12.8 Å². The van der Waals surface area contributed by atoms with Crippen LogP contribution in [-0.4, -0.2) is 16.7 Å². The first-order chi connectivity index (χ1) is 6.22. The molecule has 0 N–H and O–H groups in total. The molecule has 0 aliphatic rings. The number of aromatic nitrogens is 2. The molecule has 0 fully saturated rings. The van der Waals surface area contributed by atoms with E-state index in [1.54, 1.807) is 0 Å². The fourth-order valence-electron chi connectivity index (χ4n) is 0.986. The summed E-state index contributed by atoms with van der Waals surface area (Å²) in [5, 5.41) is 3.84. The Morgan fingerprint density at radius 2 is 2.23 bits per heavy atom. The van der Waals surface area contributed by atoms with Gasteiger partial charge in [-0.2, -0.15) is 4.98 Å². The maximum Gasteiger partial charge on any atom is 0.252 e. The molecule has 1 heterocycles. The fourth-order valence-corrected chi connectivity index (χ4v) is 0.986. The first kappa shape index (κ1) is 10.2. The normalized spacial score (nSPS) is 11.1. The van der Waals surface area contributed by atoms with E-state index in [4.69, 9.17) is 9.26 Å². The van der Waals surface area contributed by atoms with Crippen LogP contribution in [-0.2, 0) is 17.8 Å². The zero-order valence-corrected chi connectivity index (χ0v) is 8.41. The molecule has 4 heteroatoms. The summed E-state index contributed by atoms with van der Waals surface area (Å²) < 4.78 is 10.1. The molecule has 0 bridgehead atoms. The van der Waals surface area contributed by atoms with Gasteiger partial charge >= 0.3 is 0 Å². The molecule has 0 saturated carbocycles. The minimum atomic E-state index is 0.418. The van der Waals surface area contributed by atoms with Gasteiger partial charge in [0.05, 0.1) is 0 Å². The first-order valence-corrected chi connectivity index (χ1v) is 4.61. The van der Waals surface area contributed by atoms with Gasteiger partial charge in [0.25, 0.3) is 5.89 Å². The summed E-state index contributed by atoms with van der Waals surface area (Å²) >= 11 is 0. The van der Waals surface area contributed by atoms with E-state index in [9.17, 15) is 0 Å². The van der Waals surface area contributed by atoms with E-state index in [-0.39, 0.29) is 0 Å². The Bertz CT molecular complexity index is 246. The molecule has 0 spiro atoms. The lowest BCUT2D eigenvalue weighted by Gasteiger charge is -1.96. The SMILES string of the molecule is CCOCc1nc(CC(C)C)no1. The number of hydrogen-bond donors (Lipinski definition) is 0. The van der Waals surface area contributed by atoms with Gasteiger partial charge in [-0.25, -0.2) is 0 Å². The van der Waals surface area contributed by atoms with Crippen molar-refractivity contribution in [3.05, 3.63) is 11.7 Å². The summed E-state index contributed by atoms with van der Waals surface area (Å²) in [5.74, 6) is 1.89. The van der Waals surface area contributed by atoms with Crippen LogP contribution >= 0.6 is 0 Å². The van der Waals surface area contributed by atoms with E-state index in [1.165, 1.54) is 0 Å². The van der Waals surface area contributed by atoms with Crippen LogP contribution in [0.2, 0.25) is 0 Å². The van der Waals surface area contributed by atoms with Crippen molar-refractivity contribution < 1.29 is 9.26 Å². The second-order valence-electron chi connectivity index (χ2n) is 3.34. The number of nitrogens with zero attached hydrogens (tertiary/aromatic N) is 2. The van der Waals surface area contributed by atoms with Crippen LogP contribution in [0.1, 0.15) is 32.5 Å². The molecule has 1 rings (SSSR count). The lowest BCUT2D eigenvalue weighted by atomic mass is 10.1. The molecule has 0 unspecified atom stereocenters. The number of ether oxygens (including phenoxy) is 1. The van der Waals surface area contributed by atoms with Crippen molar-refractivity contribution >= 4 is 0 Å². The smallest absolute Gasteiger partial charge is 0.252 e. The Kier molecular flexibility index (Phi) is 3.89. The Hall–Kier alpha value is -0.900. The van der Waals surface area contributed by atoms with E-state index in [2.05, 4.69) is 24.0 Å². The Labute approximate surface area is 78.3 Å². The fraction of sp³-hybridized carbons (Fsp3) is 0.778. The van der Waals surface area contributed by atoms with Crippen LogP contribution in [0.15, 0.2) is 4.52 Å². The molecule has 0 aliphatic carbocycles. The first-order valence-electron chi connectivity index (χ1n) is 4.61. The van der Waals surface area contributed by atoms with E-state index in [0.29, 0.717) is 25.0 Å². The molecule has 0 aliphatic heterocycles. The van der Waals surface area contributed by atoms with Crippen LogP contribution in [0, 0.1) is 5.92 Å². The van der Waals surface area contributed by atoms with Gasteiger partial charge in [0, 0.05) is 13.0 Å². The van der Waals surface area contributed by atoms with Gasteiger partial charge in [0.1, 0.15) is 6.61 Å². The third-order valence-corrected chi connectivity index (χ3v) is 1.53. The summed E-state index contributed by atoms with van der Waals surface area (Å²) in [6, 6.07) is 0. The van der Waals surface area contributed by atoms with Crippen molar-refractivity contribution in [1.29, 1.82) is 0 Å². The quantitative estimate of drug-likeness (QED) is 0.700. The highest BCUT2D eigenvalue weighted by Gasteiger charge is 2.07. The molecule has 0 aromatic carbocycles. The van der Waals surface area contributed by atoms with Crippen LogP contribution in [0.4, 0.5) is 0 Å². The maximum absolute atomic E-state index is 5.14. The summed E-state index contributed by atoms with van der Waals surface area (Å²) in [6.45, 7) is 7.27. The van der Waals surface area contributed by atoms with Crippen LogP contribution in [0.5, 0.6) is 0 Å². The zero-order chi connectivity index (χ0) is 9.68. The highest BCUT2D eigenvalue weighted by atomic mass is 16.5. The zero-order valence-electron chi connectivity index (χ0n) is 8.41. The number of hydrogen-bond acceptors (Lipinski definition) is 4. The molecule has 1 aromatic heterocycles. The highest BCUT2D eigenvalue weighted by molar-refractivity contribution is 4.85. The van der Waals surface area contributed by atoms with E-state index >= 15 is 0 Å². The monoisotopic (exact) mass is 184 g/mol. The van der Waals surface area contributed by atoms with Crippen LogP contribution in [0.3, 0.4) is 0 Å². The summed E-state index contributed by atoms with van der Waals surface area (Å²) in [6.07, 6.45) is 0.857. The molecule has 0 amide bonds. The third kappa shape index (κ3) is 3.55. The second kappa shape index (κ2) is 4.97. The lowest BCUT2D eigenvalue weighted by Crippen LogP contribution is -1.97. The topological polar surface area (TPSA) is 48.2 Å². The van der Waals surface area contributed by atoms with Crippen molar-refractivity contribution in [3.8, 4) is 0 Å². The van der Waals surface area contributed by atoms with Gasteiger partial charge in [-0.15, -0.1) is 0 Å². The van der Waals surface area contributed by atoms with Crippen molar-refractivity contribution in [2.45, 2.75) is 33.8 Å². The third-order valence-electron chi connectivity index (χ3n) is 1.53. The van der Waals surface area contributed by atoms with Crippen LogP contribution < -0.4 is 0 Å². The molecular weight excluding hydrogens is 168 g/mol. The average molecular weight is 184 g/mol. The average Bonchev–Trinajstić information content (AvgIpc) is 2.48. The molecule has 4 nitrogen and oxygen atoms in total. The van der Waals surface area contributed by atoms with E-state index in [1.807, 2.05) is 6.92 Å². The summed E-state index contributed by atoms with van der Waals surface area (Å²) in [5.41, 5.74) is 0. The maximum atomic E-state index is 5.14. The summed E-state index contributed by atoms with van der Waals surface area (Å²) in [7, 11) is 0. The predicted octanol–water partition coefficient (Wildman–Crippen LogP) is 1.80. The molecule has 0 radical (unpaired) electrons. The summed E-state index contributed by atoms with van der Waals surface area (Å²) in [4.78, 5) is 4.19. The van der Waals surface area contributed by atoms with Gasteiger partial charge in [-0.3, -0.25) is 0 Å². The highest BCUT2D eigenvalue weighted by Crippen LogP contribution is 2.05. The van der Waals surface area contributed by atoms with Gasteiger partial charge < -0.3 is 9.26 Å².